The van der Waals surface area contributed by atoms with Gasteiger partial charge in [0, 0.05) is 26.4 Å². The maximum Gasteiger partial charge on any atom is 0.403 e. The summed E-state index contributed by atoms with van der Waals surface area (Å²) in [5.41, 5.74) is -2.27. The van der Waals surface area contributed by atoms with E-state index in [1.54, 1.807) is 19.9 Å². The summed E-state index contributed by atoms with van der Waals surface area (Å²) in [6.45, 7) is 3.75. The molecular formula is C28H38F4N2O3. The summed E-state index contributed by atoms with van der Waals surface area (Å²) in [4.78, 5) is 40.1. The highest BCUT2D eigenvalue weighted by atomic mass is 19.4. The van der Waals surface area contributed by atoms with Gasteiger partial charge in [0.1, 0.15) is 11.2 Å². The van der Waals surface area contributed by atoms with Crippen molar-refractivity contribution in [2.24, 2.45) is 17.3 Å². The van der Waals surface area contributed by atoms with Gasteiger partial charge < -0.3 is 10.2 Å². The highest BCUT2D eigenvalue weighted by Crippen LogP contribution is 2.59. The average molecular weight is 527 g/mol. The minimum atomic E-state index is -4.59. The lowest BCUT2D eigenvalue weighted by molar-refractivity contribution is -0.199. The van der Waals surface area contributed by atoms with Gasteiger partial charge in [0.15, 0.2) is 5.78 Å². The Balaban J connectivity index is 0.00000400. The molecule has 3 aliphatic rings. The fraction of sp³-hybridized carbons (Fsp3) is 0.679. The molecular weight excluding hydrogens is 488 g/mol. The van der Waals surface area contributed by atoms with E-state index in [4.69, 9.17) is 0 Å². The Morgan fingerprint density at radius 3 is 2.32 bits per heavy atom. The maximum absolute atomic E-state index is 15.7. The van der Waals surface area contributed by atoms with E-state index in [1.165, 1.54) is 17.0 Å². The number of amides is 2. The van der Waals surface area contributed by atoms with Crippen LogP contribution in [0.4, 0.5) is 17.6 Å². The first-order valence-electron chi connectivity index (χ1n) is 13.5. The molecule has 1 heterocycles. The van der Waals surface area contributed by atoms with Crippen LogP contribution in [0.2, 0.25) is 0 Å². The van der Waals surface area contributed by atoms with Crippen LogP contribution in [0.25, 0.3) is 0 Å². The van der Waals surface area contributed by atoms with Gasteiger partial charge in [-0.2, -0.15) is 13.2 Å². The number of carbonyl (C=O) groups is 3. The van der Waals surface area contributed by atoms with E-state index in [9.17, 15) is 27.6 Å². The minimum Gasteiger partial charge on any atom is -0.342 e. The fourth-order valence-corrected chi connectivity index (χ4v) is 5.97. The van der Waals surface area contributed by atoms with E-state index in [1.807, 2.05) is 0 Å². The van der Waals surface area contributed by atoms with E-state index < -0.39 is 41.2 Å². The van der Waals surface area contributed by atoms with Crippen LogP contribution in [-0.4, -0.2) is 47.8 Å². The Morgan fingerprint density at radius 2 is 1.73 bits per heavy atom. The number of nitrogens with zero attached hydrogens (tertiary/aromatic N) is 1. The molecule has 9 heteroatoms. The lowest BCUT2D eigenvalue weighted by Crippen LogP contribution is -2.48. The Hall–Kier alpha value is -2.45. The van der Waals surface area contributed by atoms with Gasteiger partial charge in [0.25, 0.3) is 5.91 Å². The van der Waals surface area contributed by atoms with Crippen molar-refractivity contribution in [1.29, 1.82) is 0 Å². The zero-order chi connectivity index (χ0) is 27.0. The van der Waals surface area contributed by atoms with Crippen molar-refractivity contribution in [1.82, 2.24) is 10.2 Å². The first-order valence-corrected chi connectivity index (χ1v) is 13.5. The molecule has 37 heavy (non-hydrogen) atoms. The van der Waals surface area contributed by atoms with Crippen LogP contribution in [0, 0.1) is 23.1 Å². The first kappa shape index (κ1) is 27.6. The van der Waals surface area contributed by atoms with Crippen LogP contribution >= 0.6 is 0 Å². The predicted molar refractivity (Wildman–Crippen MR) is 132 cm³/mol. The van der Waals surface area contributed by atoms with Crippen LogP contribution in [0.1, 0.15) is 94.9 Å². The van der Waals surface area contributed by atoms with Crippen molar-refractivity contribution < 1.29 is 33.4 Å². The summed E-state index contributed by atoms with van der Waals surface area (Å²) < 4.78 is 56.2. The number of alkyl halides is 3. The maximum atomic E-state index is 15.7. The Bertz CT molecular complexity index is 1040. The summed E-state index contributed by atoms with van der Waals surface area (Å²) in [7, 11) is 0. The van der Waals surface area contributed by atoms with Crippen LogP contribution in [0.5, 0.6) is 0 Å². The molecule has 1 saturated heterocycles. The van der Waals surface area contributed by atoms with E-state index >= 15 is 4.39 Å². The van der Waals surface area contributed by atoms with Gasteiger partial charge in [-0.3, -0.25) is 14.4 Å². The molecule has 2 aliphatic carbocycles. The Kier molecular flexibility index (Phi) is 8.00. The molecule has 1 aliphatic heterocycles. The van der Waals surface area contributed by atoms with Crippen molar-refractivity contribution in [3.63, 3.8) is 0 Å². The van der Waals surface area contributed by atoms with Gasteiger partial charge >= 0.3 is 6.18 Å². The highest BCUT2D eigenvalue weighted by Gasteiger charge is 2.69. The van der Waals surface area contributed by atoms with Crippen molar-refractivity contribution in [2.75, 3.05) is 13.1 Å². The van der Waals surface area contributed by atoms with Gasteiger partial charge in [-0.15, -0.1) is 0 Å². The zero-order valence-corrected chi connectivity index (χ0v) is 21.5. The number of piperidine rings is 1. The van der Waals surface area contributed by atoms with Crippen molar-refractivity contribution in [3.05, 3.63) is 35.1 Å². The number of hydrogen-bond donors (Lipinski definition) is 1. The summed E-state index contributed by atoms with van der Waals surface area (Å²) in [6.07, 6.45) is 0.660. The predicted octanol–water partition coefficient (Wildman–Crippen LogP) is 6.02. The Labute approximate surface area is 216 Å². The topological polar surface area (TPSA) is 66.5 Å². The third-order valence-electron chi connectivity index (χ3n) is 8.41. The quantitative estimate of drug-likeness (QED) is 0.442. The number of ketones is 1. The molecule has 0 bridgehead atoms. The summed E-state index contributed by atoms with van der Waals surface area (Å²) >= 11 is 0. The number of nitrogens with one attached hydrogen (secondary N) is 1. The molecule has 0 aromatic heterocycles. The molecule has 4 rings (SSSR count). The lowest BCUT2D eigenvalue weighted by Gasteiger charge is -2.36. The summed E-state index contributed by atoms with van der Waals surface area (Å²) in [6, 6.07) is 3.75. The van der Waals surface area contributed by atoms with Crippen LogP contribution < -0.4 is 5.32 Å². The number of benzene rings is 1. The normalized spacial score (nSPS) is 23.0. The Morgan fingerprint density at radius 1 is 1.05 bits per heavy atom. The van der Waals surface area contributed by atoms with E-state index in [0.717, 1.165) is 32.1 Å². The molecule has 1 unspecified atom stereocenters. The van der Waals surface area contributed by atoms with Gasteiger partial charge in [0.2, 0.25) is 5.91 Å². The number of hydrogen-bond acceptors (Lipinski definition) is 3. The third-order valence-corrected chi connectivity index (χ3v) is 8.41. The zero-order valence-electron chi connectivity index (χ0n) is 21.5. The SMILES string of the molecule is CC(C)C(=O)[C@H](NC(=O)c1cccc(C2CCCN(C(=O)C3(C(F)(F)F)CC3)C2)c1F)C1CCCCC1.[HH]. The van der Waals surface area contributed by atoms with Crippen LogP contribution in [-0.2, 0) is 9.59 Å². The van der Waals surface area contributed by atoms with Crippen molar-refractivity contribution in [2.45, 2.75) is 89.8 Å². The number of likely N-dealkylation sites (tertiary alicyclic amines) is 1. The van der Waals surface area contributed by atoms with Crippen molar-refractivity contribution >= 4 is 17.6 Å². The number of Topliss-reactive ketones (excluding diaryl/α,β-unsaturated/α-hetero) is 1. The van der Waals surface area contributed by atoms with E-state index in [-0.39, 0.29) is 56.1 Å². The van der Waals surface area contributed by atoms with Crippen LogP contribution in [0.3, 0.4) is 0 Å². The molecule has 1 N–H and O–H groups in total. The largest absolute Gasteiger partial charge is 0.403 e. The molecule has 2 amide bonds. The molecule has 5 nitrogen and oxygen atoms in total. The van der Waals surface area contributed by atoms with Gasteiger partial charge in [-0.05, 0) is 56.1 Å². The smallest absolute Gasteiger partial charge is 0.342 e. The highest BCUT2D eigenvalue weighted by molar-refractivity contribution is 5.98. The molecule has 0 radical (unpaired) electrons. The molecule has 1 aromatic carbocycles. The van der Waals surface area contributed by atoms with Crippen LogP contribution in [0.15, 0.2) is 18.2 Å². The second-order valence-electron chi connectivity index (χ2n) is 11.3. The standard InChI is InChI=1S/C28H36F4N2O3.H2/c1-17(2)24(35)23(18-8-4-3-5-9-18)33-25(36)21-12-6-11-20(22(21)29)19-10-7-15-34(16-19)26(37)27(13-14-27)28(30,31)32;/h6,11-12,17-19,23H,3-5,7-10,13-16H2,1-2H3,(H,33,36);1H/t19?,23-;/m1./s1. The second kappa shape index (κ2) is 10.7. The molecule has 3 fully saturated rings. The first-order chi connectivity index (χ1) is 17.5. The van der Waals surface area contributed by atoms with Gasteiger partial charge in [0.05, 0.1) is 11.6 Å². The lowest BCUT2D eigenvalue weighted by atomic mass is 9.80. The van der Waals surface area contributed by atoms with E-state index in [0.29, 0.717) is 12.8 Å². The number of rotatable bonds is 7. The molecule has 2 saturated carbocycles. The summed E-state index contributed by atoms with van der Waals surface area (Å²) in [5.74, 6) is -3.18. The fourth-order valence-electron chi connectivity index (χ4n) is 5.97. The summed E-state index contributed by atoms with van der Waals surface area (Å²) in [5, 5.41) is 2.81. The van der Waals surface area contributed by atoms with Gasteiger partial charge in [-0.25, -0.2) is 4.39 Å². The number of carbonyl (C=O) groups excluding carboxylic acids is 3. The third kappa shape index (κ3) is 5.55. The van der Waals surface area contributed by atoms with E-state index in [2.05, 4.69) is 5.32 Å². The second-order valence-corrected chi connectivity index (χ2v) is 11.3. The van der Waals surface area contributed by atoms with Crippen molar-refractivity contribution in [3.8, 4) is 0 Å². The average Bonchev–Trinajstić information content (AvgIpc) is 3.69. The molecule has 0 spiro atoms. The number of halogens is 4. The molecule has 1 aromatic rings. The minimum absolute atomic E-state index is 0. The molecule has 2 atom stereocenters. The van der Waals surface area contributed by atoms with Gasteiger partial charge in [-0.1, -0.05) is 45.2 Å². The monoisotopic (exact) mass is 526 g/mol. The molecule has 206 valence electrons.